The van der Waals surface area contributed by atoms with E-state index in [1.807, 2.05) is 6.07 Å². The summed E-state index contributed by atoms with van der Waals surface area (Å²) < 4.78 is 3.39. The quantitative estimate of drug-likeness (QED) is 0.685. The number of rotatable bonds is 3. The molecule has 1 heterocycles. The Labute approximate surface area is 76.9 Å². The van der Waals surface area contributed by atoms with E-state index in [0.29, 0.717) is 6.04 Å². The fourth-order valence-electron chi connectivity index (χ4n) is 1.01. The lowest BCUT2D eigenvalue weighted by molar-refractivity contribution is 0.424. The molecule has 1 aliphatic heterocycles. The Morgan fingerprint density at radius 2 is 2.00 bits per heavy atom. The molecule has 2 nitrogen and oxygen atoms in total. The van der Waals surface area contributed by atoms with Gasteiger partial charge in [0.2, 0.25) is 0 Å². The average Bonchev–Trinajstić information content (AvgIpc) is 2.04. The largest absolute Gasteiger partial charge is 0.313 e. The van der Waals surface area contributed by atoms with Gasteiger partial charge in [-0.3, -0.25) is 4.72 Å². The zero-order valence-corrected chi connectivity index (χ0v) is 7.60. The first-order valence-electron chi connectivity index (χ1n) is 4.13. The fraction of sp³-hybridized carbons (Fsp3) is 0.333. The SMILES string of the molecule is c1ccc(SNC2CNC2)cc1. The summed E-state index contributed by atoms with van der Waals surface area (Å²) in [4.78, 5) is 1.28. The lowest BCUT2D eigenvalue weighted by atomic mass is 10.2. The van der Waals surface area contributed by atoms with Crippen molar-refractivity contribution in [2.24, 2.45) is 0 Å². The van der Waals surface area contributed by atoms with E-state index in [2.05, 4.69) is 34.3 Å². The van der Waals surface area contributed by atoms with Gasteiger partial charge in [0.1, 0.15) is 0 Å². The van der Waals surface area contributed by atoms with Crippen molar-refractivity contribution < 1.29 is 0 Å². The van der Waals surface area contributed by atoms with Crippen LogP contribution in [0.3, 0.4) is 0 Å². The third kappa shape index (κ3) is 2.00. The molecule has 2 N–H and O–H groups in total. The Hall–Kier alpha value is -0.510. The molecule has 1 aromatic carbocycles. The van der Waals surface area contributed by atoms with Crippen LogP contribution in [0.5, 0.6) is 0 Å². The molecular weight excluding hydrogens is 168 g/mol. The Balaban J connectivity index is 1.79. The molecule has 12 heavy (non-hydrogen) atoms. The molecule has 0 saturated carbocycles. The van der Waals surface area contributed by atoms with Crippen LogP contribution in [0.15, 0.2) is 35.2 Å². The van der Waals surface area contributed by atoms with Crippen LogP contribution in [-0.2, 0) is 0 Å². The van der Waals surface area contributed by atoms with E-state index in [-0.39, 0.29) is 0 Å². The molecule has 0 amide bonds. The van der Waals surface area contributed by atoms with Crippen molar-refractivity contribution in [3.63, 3.8) is 0 Å². The first-order valence-corrected chi connectivity index (χ1v) is 4.95. The molecule has 1 saturated heterocycles. The van der Waals surface area contributed by atoms with Gasteiger partial charge < -0.3 is 5.32 Å². The molecule has 1 fully saturated rings. The van der Waals surface area contributed by atoms with Gasteiger partial charge in [0.05, 0.1) is 0 Å². The third-order valence-corrected chi connectivity index (χ3v) is 2.83. The summed E-state index contributed by atoms with van der Waals surface area (Å²) in [7, 11) is 0. The van der Waals surface area contributed by atoms with Crippen LogP contribution in [-0.4, -0.2) is 19.1 Å². The summed E-state index contributed by atoms with van der Waals surface area (Å²) in [6.07, 6.45) is 0. The van der Waals surface area contributed by atoms with Gasteiger partial charge in [-0.2, -0.15) is 0 Å². The minimum Gasteiger partial charge on any atom is -0.313 e. The van der Waals surface area contributed by atoms with Crippen molar-refractivity contribution in [3.05, 3.63) is 30.3 Å². The molecule has 0 atom stereocenters. The maximum Gasteiger partial charge on any atom is 0.0424 e. The highest BCUT2D eigenvalue weighted by molar-refractivity contribution is 7.97. The molecule has 0 radical (unpaired) electrons. The second kappa shape index (κ2) is 3.94. The Bertz CT molecular complexity index is 234. The van der Waals surface area contributed by atoms with Crippen LogP contribution in [0.4, 0.5) is 0 Å². The second-order valence-corrected chi connectivity index (χ2v) is 3.80. The molecule has 0 unspecified atom stereocenters. The van der Waals surface area contributed by atoms with Crippen LogP contribution >= 0.6 is 11.9 Å². The smallest absolute Gasteiger partial charge is 0.0424 e. The van der Waals surface area contributed by atoms with E-state index in [0.717, 1.165) is 13.1 Å². The van der Waals surface area contributed by atoms with Gasteiger partial charge in [-0.15, -0.1) is 0 Å². The maximum absolute atomic E-state index is 3.39. The van der Waals surface area contributed by atoms with Crippen LogP contribution in [0.25, 0.3) is 0 Å². The number of benzene rings is 1. The Morgan fingerprint density at radius 1 is 1.25 bits per heavy atom. The summed E-state index contributed by atoms with van der Waals surface area (Å²) in [6.45, 7) is 2.19. The van der Waals surface area contributed by atoms with Crippen molar-refractivity contribution >= 4 is 11.9 Å². The second-order valence-electron chi connectivity index (χ2n) is 2.89. The zero-order valence-electron chi connectivity index (χ0n) is 6.79. The molecule has 0 aliphatic carbocycles. The van der Waals surface area contributed by atoms with Gasteiger partial charge in [-0.05, 0) is 24.1 Å². The average molecular weight is 180 g/mol. The summed E-state index contributed by atoms with van der Waals surface area (Å²) in [5, 5.41) is 3.22. The lowest BCUT2D eigenvalue weighted by Crippen LogP contribution is -2.53. The molecule has 3 heteroatoms. The summed E-state index contributed by atoms with van der Waals surface area (Å²) in [5.74, 6) is 0. The van der Waals surface area contributed by atoms with E-state index in [4.69, 9.17) is 0 Å². The topological polar surface area (TPSA) is 24.1 Å². The van der Waals surface area contributed by atoms with Crippen molar-refractivity contribution in [1.82, 2.24) is 10.0 Å². The monoisotopic (exact) mass is 180 g/mol. The molecular formula is C9H12N2S. The van der Waals surface area contributed by atoms with E-state index in [1.165, 1.54) is 4.90 Å². The lowest BCUT2D eigenvalue weighted by Gasteiger charge is -2.27. The first-order chi connectivity index (χ1) is 5.95. The molecule has 2 rings (SSSR count). The molecule has 1 aliphatic rings. The van der Waals surface area contributed by atoms with Crippen molar-refractivity contribution in [1.29, 1.82) is 0 Å². The van der Waals surface area contributed by atoms with Crippen molar-refractivity contribution in [2.45, 2.75) is 10.9 Å². The van der Waals surface area contributed by atoms with E-state index in [1.54, 1.807) is 11.9 Å². The van der Waals surface area contributed by atoms with Gasteiger partial charge in [0, 0.05) is 24.0 Å². The third-order valence-electron chi connectivity index (χ3n) is 1.87. The molecule has 0 aromatic heterocycles. The highest BCUT2D eigenvalue weighted by atomic mass is 32.2. The number of hydrogen-bond acceptors (Lipinski definition) is 3. The normalized spacial score (nSPS) is 17.3. The van der Waals surface area contributed by atoms with Gasteiger partial charge >= 0.3 is 0 Å². The van der Waals surface area contributed by atoms with Gasteiger partial charge in [0.15, 0.2) is 0 Å². The Kier molecular flexibility index (Phi) is 2.66. The van der Waals surface area contributed by atoms with Crippen molar-refractivity contribution in [3.8, 4) is 0 Å². The van der Waals surface area contributed by atoms with Gasteiger partial charge in [0.25, 0.3) is 0 Å². The van der Waals surface area contributed by atoms with E-state index >= 15 is 0 Å². The summed E-state index contributed by atoms with van der Waals surface area (Å²) in [6, 6.07) is 11.0. The minimum atomic E-state index is 0.648. The highest BCUT2D eigenvalue weighted by Gasteiger charge is 2.15. The number of hydrogen-bond donors (Lipinski definition) is 2. The van der Waals surface area contributed by atoms with Crippen LogP contribution < -0.4 is 10.0 Å². The molecule has 1 aromatic rings. The van der Waals surface area contributed by atoms with Crippen molar-refractivity contribution in [2.75, 3.05) is 13.1 Å². The highest BCUT2D eigenvalue weighted by Crippen LogP contribution is 2.14. The minimum absolute atomic E-state index is 0.648. The maximum atomic E-state index is 3.39. The van der Waals surface area contributed by atoms with Crippen LogP contribution in [0.2, 0.25) is 0 Å². The predicted molar refractivity (Wildman–Crippen MR) is 52.1 cm³/mol. The summed E-state index contributed by atoms with van der Waals surface area (Å²) >= 11 is 1.71. The fourth-order valence-corrected chi connectivity index (χ4v) is 1.77. The molecule has 64 valence electrons. The summed E-state index contributed by atoms with van der Waals surface area (Å²) in [5.41, 5.74) is 0. The van der Waals surface area contributed by atoms with E-state index < -0.39 is 0 Å². The first kappa shape index (κ1) is 8.10. The zero-order chi connectivity index (χ0) is 8.23. The van der Waals surface area contributed by atoms with Gasteiger partial charge in [-0.25, -0.2) is 0 Å². The standard InChI is InChI=1S/C9H12N2S/c1-2-4-9(5-3-1)12-11-8-6-10-7-8/h1-5,8,10-11H,6-7H2. The van der Waals surface area contributed by atoms with E-state index in [9.17, 15) is 0 Å². The Morgan fingerprint density at radius 3 is 2.58 bits per heavy atom. The number of nitrogens with one attached hydrogen (secondary N) is 2. The van der Waals surface area contributed by atoms with Crippen LogP contribution in [0.1, 0.15) is 0 Å². The predicted octanol–water partition coefficient (Wildman–Crippen LogP) is 1.26. The molecule has 0 bridgehead atoms. The molecule has 0 spiro atoms. The van der Waals surface area contributed by atoms with Crippen LogP contribution in [0, 0.1) is 0 Å². The van der Waals surface area contributed by atoms with Gasteiger partial charge in [-0.1, -0.05) is 18.2 Å².